The van der Waals surface area contributed by atoms with Gasteiger partial charge in [-0.2, -0.15) is 0 Å². The van der Waals surface area contributed by atoms with Crippen LogP contribution in [0.15, 0.2) is 0 Å². The number of rotatable bonds is 3. The van der Waals surface area contributed by atoms with Crippen molar-refractivity contribution in [1.82, 2.24) is 4.72 Å². The Hall–Kier alpha value is -0.130. The molecule has 0 saturated carbocycles. The van der Waals surface area contributed by atoms with E-state index < -0.39 is 10.0 Å². The molecule has 0 rings (SSSR count). The minimum atomic E-state index is -3.15. The molecule has 0 aromatic rings. The third-order valence-electron chi connectivity index (χ3n) is 0.689. The van der Waals surface area contributed by atoms with E-state index in [0.29, 0.717) is 0 Å². The number of hydrogen-bond donors (Lipinski definition) is 2. The minimum Gasteiger partial charge on any atom is -0.395 e. The van der Waals surface area contributed by atoms with Gasteiger partial charge in [-0.25, -0.2) is 13.1 Å². The van der Waals surface area contributed by atoms with E-state index in [1.807, 2.05) is 0 Å². The maximum Gasteiger partial charge on any atom is 0.209 e. The van der Waals surface area contributed by atoms with Gasteiger partial charge in [0, 0.05) is 6.04 Å². The van der Waals surface area contributed by atoms with Gasteiger partial charge in [-0.15, -0.1) is 0 Å². The predicted octanol–water partition coefficient (Wildman–Crippen LogP) is -1.08. The second-order valence-electron chi connectivity index (χ2n) is 1.97. The maximum absolute atomic E-state index is 10.4. The van der Waals surface area contributed by atoms with Gasteiger partial charge < -0.3 is 5.11 Å². The predicted molar refractivity (Wildman–Crippen MR) is 34.5 cm³/mol. The molecular formula is C4H11NO3S. The van der Waals surface area contributed by atoms with Crippen LogP contribution in [0.25, 0.3) is 0 Å². The van der Waals surface area contributed by atoms with Gasteiger partial charge in [0.25, 0.3) is 0 Å². The van der Waals surface area contributed by atoms with Crippen molar-refractivity contribution in [3.05, 3.63) is 0 Å². The zero-order valence-corrected chi connectivity index (χ0v) is 6.27. The molecule has 0 fully saturated rings. The van der Waals surface area contributed by atoms with Gasteiger partial charge in [0.2, 0.25) is 10.0 Å². The first kappa shape index (κ1) is 8.87. The number of aliphatic hydroxyl groups is 1. The molecule has 0 amide bonds. The Morgan fingerprint density at radius 1 is 1.67 bits per heavy atom. The van der Waals surface area contributed by atoms with E-state index in [1.54, 1.807) is 6.92 Å². The summed E-state index contributed by atoms with van der Waals surface area (Å²) in [6.07, 6.45) is 1.05. The largest absolute Gasteiger partial charge is 0.395 e. The highest BCUT2D eigenvalue weighted by Gasteiger charge is 2.05. The average molecular weight is 153 g/mol. The third kappa shape index (κ3) is 5.75. The number of sulfonamides is 1. The second-order valence-corrected chi connectivity index (χ2v) is 3.75. The van der Waals surface area contributed by atoms with Gasteiger partial charge >= 0.3 is 0 Å². The van der Waals surface area contributed by atoms with Crippen molar-refractivity contribution >= 4 is 10.0 Å². The van der Waals surface area contributed by atoms with E-state index in [4.69, 9.17) is 5.11 Å². The van der Waals surface area contributed by atoms with Crippen molar-refractivity contribution in [2.45, 2.75) is 13.0 Å². The summed E-state index contributed by atoms with van der Waals surface area (Å²) in [5, 5.41) is 8.37. The first-order chi connectivity index (χ1) is 3.95. The molecule has 56 valence electrons. The lowest BCUT2D eigenvalue weighted by Crippen LogP contribution is -2.33. The first-order valence-electron chi connectivity index (χ1n) is 2.54. The Kier molecular flexibility index (Phi) is 3.10. The van der Waals surface area contributed by atoms with Crippen LogP contribution in [0.1, 0.15) is 6.92 Å². The Balaban J connectivity index is 3.75. The lowest BCUT2D eigenvalue weighted by molar-refractivity contribution is 0.265. The summed E-state index contributed by atoms with van der Waals surface area (Å²) in [5.41, 5.74) is 0. The molecule has 0 aromatic heterocycles. The smallest absolute Gasteiger partial charge is 0.209 e. The molecule has 1 unspecified atom stereocenters. The summed E-state index contributed by atoms with van der Waals surface area (Å²) in [7, 11) is -3.15. The Bertz CT molecular complexity index is 163. The standard InChI is InChI=1S/C4H11NO3S/c1-4(3-6)5-9(2,7)8/h4-6H,3H2,1-2H3. The number of hydrogen-bond acceptors (Lipinski definition) is 3. The second kappa shape index (κ2) is 3.14. The first-order valence-corrected chi connectivity index (χ1v) is 4.43. The Morgan fingerprint density at radius 2 is 2.11 bits per heavy atom. The van der Waals surface area contributed by atoms with Gasteiger partial charge in [-0.1, -0.05) is 0 Å². The quantitative estimate of drug-likeness (QED) is 0.542. The van der Waals surface area contributed by atoms with Crippen LogP contribution >= 0.6 is 0 Å². The lowest BCUT2D eigenvalue weighted by Gasteiger charge is -2.06. The fourth-order valence-electron chi connectivity index (χ4n) is 0.403. The molecule has 0 aliphatic heterocycles. The summed E-state index contributed by atoms with van der Waals surface area (Å²) < 4.78 is 22.9. The van der Waals surface area contributed by atoms with Gasteiger partial charge in [0.15, 0.2) is 0 Å². The minimum absolute atomic E-state index is 0.174. The monoisotopic (exact) mass is 153 g/mol. The van der Waals surface area contributed by atoms with Crippen LogP contribution in [-0.2, 0) is 10.0 Å². The fraction of sp³-hybridized carbons (Fsp3) is 1.00. The Labute approximate surface area is 54.9 Å². The maximum atomic E-state index is 10.4. The van der Waals surface area contributed by atoms with Crippen LogP contribution in [0.4, 0.5) is 0 Å². The molecule has 0 aromatic carbocycles. The van der Waals surface area contributed by atoms with Crippen LogP contribution in [0, 0.1) is 0 Å². The van der Waals surface area contributed by atoms with Crippen LogP contribution in [0.3, 0.4) is 0 Å². The molecule has 2 N–H and O–H groups in total. The zero-order chi connectivity index (χ0) is 7.49. The van der Waals surface area contributed by atoms with E-state index in [1.165, 1.54) is 0 Å². The molecule has 0 spiro atoms. The normalized spacial score (nSPS) is 15.4. The summed E-state index contributed by atoms with van der Waals surface area (Å²) in [4.78, 5) is 0. The molecule has 9 heavy (non-hydrogen) atoms. The average Bonchev–Trinajstić information content (AvgIpc) is 1.62. The summed E-state index contributed by atoms with van der Waals surface area (Å²) in [6.45, 7) is 1.41. The van der Waals surface area contributed by atoms with Gasteiger partial charge in [0.05, 0.1) is 12.9 Å². The molecule has 0 aliphatic carbocycles. The number of aliphatic hydroxyl groups excluding tert-OH is 1. The summed E-state index contributed by atoms with van der Waals surface area (Å²) in [6, 6.07) is -0.389. The number of nitrogens with one attached hydrogen (secondary N) is 1. The highest BCUT2D eigenvalue weighted by atomic mass is 32.2. The summed E-state index contributed by atoms with van der Waals surface area (Å²) >= 11 is 0. The van der Waals surface area contributed by atoms with Crippen LogP contribution in [-0.4, -0.2) is 32.4 Å². The SMILES string of the molecule is CC(CO)NS(C)(=O)=O. The van der Waals surface area contributed by atoms with Crippen molar-refractivity contribution in [3.63, 3.8) is 0 Å². The van der Waals surface area contributed by atoms with Crippen molar-refractivity contribution < 1.29 is 13.5 Å². The van der Waals surface area contributed by atoms with E-state index in [0.717, 1.165) is 6.26 Å². The van der Waals surface area contributed by atoms with Crippen molar-refractivity contribution in [1.29, 1.82) is 0 Å². The molecular weight excluding hydrogens is 142 g/mol. The Morgan fingerprint density at radius 3 is 2.22 bits per heavy atom. The van der Waals surface area contributed by atoms with Gasteiger partial charge in [0.1, 0.15) is 0 Å². The van der Waals surface area contributed by atoms with E-state index >= 15 is 0 Å². The molecule has 0 radical (unpaired) electrons. The van der Waals surface area contributed by atoms with Gasteiger partial charge in [-0.3, -0.25) is 0 Å². The molecule has 4 nitrogen and oxygen atoms in total. The van der Waals surface area contributed by atoms with Crippen molar-refractivity contribution in [2.75, 3.05) is 12.9 Å². The van der Waals surface area contributed by atoms with E-state index in [-0.39, 0.29) is 12.6 Å². The lowest BCUT2D eigenvalue weighted by atomic mass is 10.4. The highest BCUT2D eigenvalue weighted by molar-refractivity contribution is 7.88. The highest BCUT2D eigenvalue weighted by Crippen LogP contribution is 1.81. The molecule has 0 heterocycles. The third-order valence-corrected chi connectivity index (χ3v) is 1.52. The zero-order valence-electron chi connectivity index (χ0n) is 5.46. The summed E-state index contributed by atoms with van der Waals surface area (Å²) in [5.74, 6) is 0. The fourth-order valence-corrected chi connectivity index (χ4v) is 1.21. The van der Waals surface area contributed by atoms with Crippen LogP contribution < -0.4 is 4.72 Å². The van der Waals surface area contributed by atoms with Crippen molar-refractivity contribution in [2.24, 2.45) is 0 Å². The topological polar surface area (TPSA) is 66.4 Å². The van der Waals surface area contributed by atoms with E-state index in [2.05, 4.69) is 4.72 Å². The van der Waals surface area contributed by atoms with Crippen LogP contribution in [0.5, 0.6) is 0 Å². The molecule has 1 atom stereocenters. The van der Waals surface area contributed by atoms with Crippen LogP contribution in [0.2, 0.25) is 0 Å². The molecule has 0 aliphatic rings. The molecule has 5 heteroatoms. The molecule has 0 saturated heterocycles. The molecule has 0 bridgehead atoms. The van der Waals surface area contributed by atoms with E-state index in [9.17, 15) is 8.42 Å². The van der Waals surface area contributed by atoms with Gasteiger partial charge in [-0.05, 0) is 6.92 Å². The van der Waals surface area contributed by atoms with Crippen molar-refractivity contribution in [3.8, 4) is 0 Å².